The smallest absolute Gasteiger partial charge is 0.308 e. The summed E-state index contributed by atoms with van der Waals surface area (Å²) in [5, 5.41) is 10.3. The lowest BCUT2D eigenvalue weighted by atomic mass is 9.86. The van der Waals surface area contributed by atoms with Crippen LogP contribution in [-0.4, -0.2) is 37.2 Å². The van der Waals surface area contributed by atoms with Gasteiger partial charge >= 0.3 is 17.9 Å². The van der Waals surface area contributed by atoms with Gasteiger partial charge in [-0.05, 0) is 234 Å². The van der Waals surface area contributed by atoms with E-state index in [1.807, 2.05) is 136 Å². The quantitative estimate of drug-likeness (QED) is 0.0544. The van der Waals surface area contributed by atoms with Gasteiger partial charge in [-0.15, -0.1) is 0 Å². The number of aryl methyl sites for hydroxylation is 7. The van der Waals surface area contributed by atoms with E-state index in [1.165, 1.54) is 76.4 Å². The van der Waals surface area contributed by atoms with E-state index in [1.54, 1.807) is 38.5 Å². The van der Waals surface area contributed by atoms with Gasteiger partial charge in [-0.1, -0.05) is 245 Å². The summed E-state index contributed by atoms with van der Waals surface area (Å²) in [6, 6.07) is 83.5. The minimum atomic E-state index is -0.441. The summed E-state index contributed by atoms with van der Waals surface area (Å²) in [7, 11) is 3.41. The fraction of sp³-hybridized carbons (Fsp3) is 0.257. The summed E-state index contributed by atoms with van der Waals surface area (Å²) in [5.74, 6) is 5.70. The van der Waals surface area contributed by atoms with Crippen LogP contribution in [0.15, 0.2) is 249 Å². The molecule has 0 fully saturated rings. The highest BCUT2D eigenvalue weighted by atomic mass is 16.5. The number of hydrogen-bond acceptors (Lipinski definition) is 11. The Labute approximate surface area is 664 Å². The Balaban J connectivity index is 0.000000173. The number of benzene rings is 12. The lowest BCUT2D eigenvalue weighted by Crippen LogP contribution is -2.10. The first-order valence-corrected chi connectivity index (χ1v) is 38.1. The molecule has 0 bridgehead atoms. The maximum absolute atomic E-state index is 12.0. The van der Waals surface area contributed by atoms with E-state index in [0.717, 1.165) is 115 Å². The number of carbonyl (C=O) groups is 3. The molecule has 0 saturated heterocycles. The molecule has 0 amide bonds. The van der Waals surface area contributed by atoms with Crippen LogP contribution in [0.25, 0.3) is 0 Å². The van der Waals surface area contributed by atoms with Crippen LogP contribution in [0.2, 0.25) is 0 Å². The second kappa shape index (κ2) is 39.1. The Bertz CT molecular complexity index is 5030. The molecule has 1 N–H and O–H groups in total. The number of carbonyl (C=O) groups excluding carboxylic acids is 3. The van der Waals surface area contributed by atoms with Gasteiger partial charge in [-0.25, -0.2) is 0 Å². The largest absolute Gasteiger partial charge is 0.508 e. The van der Waals surface area contributed by atoms with E-state index in [4.69, 9.17) is 33.2 Å². The number of hydrogen-bond donors (Lipinski definition) is 1. The summed E-state index contributed by atoms with van der Waals surface area (Å²) in [6.45, 7) is 32.0. The summed E-state index contributed by atoms with van der Waals surface area (Å²) < 4.78 is 39.7. The molecule has 12 aromatic carbocycles. The van der Waals surface area contributed by atoms with Crippen molar-refractivity contribution in [3.63, 3.8) is 0 Å². The molecule has 0 atom stereocenters. The zero-order valence-corrected chi connectivity index (χ0v) is 68.4. The Hall–Kier alpha value is -12.0. The Kier molecular flexibility index (Phi) is 29.4. The predicted octanol–water partition coefficient (Wildman–Crippen LogP) is 24.1. The van der Waals surface area contributed by atoms with Gasteiger partial charge in [-0.2, -0.15) is 0 Å². The first kappa shape index (κ1) is 84.1. The van der Waals surface area contributed by atoms with Crippen LogP contribution < -0.4 is 33.2 Å². The van der Waals surface area contributed by atoms with Crippen LogP contribution in [0.3, 0.4) is 0 Å². The number of methoxy groups -OCH3 is 2. The number of para-hydroxylation sites is 3. The maximum Gasteiger partial charge on any atom is 0.308 e. The van der Waals surface area contributed by atoms with Gasteiger partial charge in [0.2, 0.25) is 0 Å². The fourth-order valence-electron chi connectivity index (χ4n) is 13.4. The number of esters is 3. The molecule has 0 radical (unpaired) electrons. The van der Waals surface area contributed by atoms with Gasteiger partial charge in [0.05, 0.1) is 14.2 Å². The van der Waals surface area contributed by atoms with Crippen molar-refractivity contribution in [2.45, 2.75) is 160 Å². The fourth-order valence-corrected chi connectivity index (χ4v) is 13.4. The molecule has 0 aliphatic heterocycles. The van der Waals surface area contributed by atoms with Crippen molar-refractivity contribution in [1.29, 1.82) is 0 Å². The van der Waals surface area contributed by atoms with Crippen molar-refractivity contribution in [3.05, 3.63) is 366 Å². The summed E-state index contributed by atoms with van der Waals surface area (Å²) in [4.78, 5) is 35.2. The zero-order chi connectivity index (χ0) is 80.8. The molecule has 12 rings (SSSR count). The Morgan fingerprint density at radius 3 is 1.06 bits per heavy atom. The molecule has 112 heavy (non-hydrogen) atoms. The molecular weight excluding hydrogens is 1390 g/mol. The molecule has 0 heterocycles. The molecular formula is C101H108O11. The van der Waals surface area contributed by atoms with Crippen molar-refractivity contribution >= 4 is 17.9 Å². The Morgan fingerprint density at radius 2 is 0.652 bits per heavy atom. The average Bonchev–Trinajstić information content (AvgIpc) is 0.801. The zero-order valence-electron chi connectivity index (χ0n) is 68.4. The third kappa shape index (κ3) is 25.0. The second-order valence-corrected chi connectivity index (χ2v) is 30.9. The molecule has 0 aliphatic carbocycles. The van der Waals surface area contributed by atoms with Gasteiger partial charge in [0.15, 0.2) is 0 Å². The maximum atomic E-state index is 12.0. The molecule has 0 saturated carbocycles. The molecule has 0 aromatic heterocycles. The number of ether oxygens (including phenoxy) is 7. The van der Waals surface area contributed by atoms with Crippen molar-refractivity contribution in [2.24, 2.45) is 0 Å². The highest BCUT2D eigenvalue weighted by molar-refractivity contribution is 5.73. The standard InChI is InChI=1S/C28H28O6.C25H28O3.2C24H26O/c1-17-10-11-27(33-20(4)30)23(12-17)16-25-14-18(2)13-24(28(25)34-21(5)31)15-22-8-6-7-9-26(22)32-19(3)29;1-16-6-8-23(26)19(10-16)14-21-12-18(3)13-22(25(21)28-5)15-20-11-17(2)7-9-24(20)27-4;2*1-18-16-23(25-22-8-6-5-7-9-22)15-12-20(18)17-19-10-13-21(14-11-19)24(2,3)4/h6-14H,15-16H2,1-5H3;6-13,26H,14-15H2,1-5H3;2*5-16H,17H2,1-4H3. The SMILES string of the molecule is CC(=O)Oc1ccccc1Cc1cc(C)cc(Cc2cc(C)ccc2OC(C)=O)c1OC(C)=O.COc1ccc(C)cc1Cc1cc(C)cc(Cc2cc(C)ccc2O)c1OC.Cc1cc(Oc2ccccc2)ccc1Cc1ccc(C(C)(C)C)cc1.Cc1cc(Oc2ccccc2)ccc1Cc1ccc(C(C)(C)C)cc1. The molecule has 0 unspecified atom stereocenters. The van der Waals surface area contributed by atoms with E-state index in [9.17, 15) is 19.5 Å². The molecule has 0 aliphatic rings. The van der Waals surface area contributed by atoms with Gasteiger partial charge in [0.25, 0.3) is 0 Å². The van der Waals surface area contributed by atoms with Crippen LogP contribution in [0.1, 0.15) is 179 Å². The highest BCUT2D eigenvalue weighted by Crippen LogP contribution is 2.38. The first-order chi connectivity index (χ1) is 53.4. The van der Waals surface area contributed by atoms with Crippen LogP contribution in [0.5, 0.6) is 57.5 Å². The minimum absolute atomic E-state index is 0.199. The summed E-state index contributed by atoms with van der Waals surface area (Å²) >= 11 is 0. The number of phenols is 1. The molecule has 12 aromatic rings. The lowest BCUT2D eigenvalue weighted by molar-refractivity contribution is -0.132. The normalized spacial score (nSPS) is 10.9. The third-order valence-electron chi connectivity index (χ3n) is 19.1. The van der Waals surface area contributed by atoms with E-state index in [2.05, 4.69) is 178 Å². The van der Waals surface area contributed by atoms with E-state index in [-0.39, 0.29) is 10.8 Å². The van der Waals surface area contributed by atoms with Crippen LogP contribution in [0, 0.1) is 48.5 Å². The van der Waals surface area contributed by atoms with Gasteiger partial charge in [-0.3, -0.25) is 14.4 Å². The van der Waals surface area contributed by atoms with Crippen LogP contribution >= 0.6 is 0 Å². The van der Waals surface area contributed by atoms with Crippen molar-refractivity contribution in [1.82, 2.24) is 0 Å². The van der Waals surface area contributed by atoms with Gasteiger partial charge < -0.3 is 38.3 Å². The average molecular weight is 1500 g/mol. The molecule has 0 spiro atoms. The number of phenolic OH excluding ortho intramolecular Hbond substituents is 1. The lowest BCUT2D eigenvalue weighted by Gasteiger charge is -2.19. The van der Waals surface area contributed by atoms with Crippen molar-refractivity contribution < 1.29 is 52.6 Å². The Morgan fingerprint density at radius 1 is 0.295 bits per heavy atom. The molecule has 578 valence electrons. The van der Waals surface area contributed by atoms with E-state index in [0.29, 0.717) is 42.3 Å². The molecule has 11 nitrogen and oxygen atoms in total. The van der Waals surface area contributed by atoms with Gasteiger partial charge in [0, 0.05) is 46.5 Å². The third-order valence-corrected chi connectivity index (χ3v) is 19.1. The van der Waals surface area contributed by atoms with Crippen LogP contribution in [-0.2, 0) is 63.7 Å². The second-order valence-electron chi connectivity index (χ2n) is 30.9. The highest BCUT2D eigenvalue weighted by Gasteiger charge is 2.22. The topological polar surface area (TPSA) is 136 Å². The van der Waals surface area contributed by atoms with E-state index >= 15 is 0 Å². The monoisotopic (exact) mass is 1500 g/mol. The van der Waals surface area contributed by atoms with E-state index < -0.39 is 17.9 Å². The molecule has 11 heteroatoms. The predicted molar refractivity (Wildman–Crippen MR) is 454 cm³/mol. The summed E-state index contributed by atoms with van der Waals surface area (Å²) in [6.07, 6.45) is 4.03. The van der Waals surface area contributed by atoms with Crippen molar-refractivity contribution in [2.75, 3.05) is 14.2 Å². The van der Waals surface area contributed by atoms with Crippen LogP contribution in [0.4, 0.5) is 0 Å². The summed E-state index contributed by atoms with van der Waals surface area (Å²) in [5.41, 5.74) is 23.9. The first-order valence-electron chi connectivity index (χ1n) is 38.1. The minimum Gasteiger partial charge on any atom is -0.508 e. The van der Waals surface area contributed by atoms with Gasteiger partial charge in [0.1, 0.15) is 57.5 Å². The number of aromatic hydroxyl groups is 1. The van der Waals surface area contributed by atoms with Crippen molar-refractivity contribution in [3.8, 4) is 57.5 Å². The number of rotatable bonds is 21.